The summed E-state index contributed by atoms with van der Waals surface area (Å²) in [4.78, 5) is 19.9. The van der Waals surface area contributed by atoms with Crippen LogP contribution in [-0.2, 0) is 24.1 Å². The third-order valence-electron chi connectivity index (χ3n) is 4.24. The molecule has 122 valence electrons. The number of nitrogens with one attached hydrogen (secondary N) is 2. The van der Waals surface area contributed by atoms with E-state index < -0.39 is 0 Å². The molecule has 0 spiro atoms. The summed E-state index contributed by atoms with van der Waals surface area (Å²) in [7, 11) is 0. The van der Waals surface area contributed by atoms with Crippen molar-refractivity contribution in [2.24, 2.45) is 0 Å². The lowest BCUT2D eigenvalue weighted by Crippen LogP contribution is -2.27. The van der Waals surface area contributed by atoms with Crippen molar-refractivity contribution in [3.8, 4) is 5.75 Å². The molecule has 24 heavy (non-hydrogen) atoms. The number of ether oxygens (including phenoxy) is 1. The molecule has 1 amide bonds. The smallest absolute Gasteiger partial charge is 0.224 e. The van der Waals surface area contributed by atoms with Crippen molar-refractivity contribution in [1.82, 2.24) is 15.3 Å². The second-order valence-corrected chi connectivity index (χ2v) is 6.02. The number of aromatic amines is 1. The molecular weight excluding hydrogens is 302 g/mol. The standard InChI is InChI=1S/C19H19N3O2/c23-19(12-13-5-6-17-14(11-13)8-10-24-17)20-9-7-18-21-15-3-1-2-4-16(15)22-18/h1-6,11H,7-10,12H2,(H,20,23)(H,21,22). The average molecular weight is 321 g/mol. The number of hydrogen-bond acceptors (Lipinski definition) is 3. The predicted octanol–water partition coefficient (Wildman–Crippen LogP) is 2.40. The van der Waals surface area contributed by atoms with Crippen LogP contribution in [0.1, 0.15) is 17.0 Å². The number of H-pyrrole nitrogens is 1. The van der Waals surface area contributed by atoms with Crippen molar-refractivity contribution in [3.63, 3.8) is 0 Å². The summed E-state index contributed by atoms with van der Waals surface area (Å²) in [5, 5.41) is 2.96. The number of nitrogens with zero attached hydrogens (tertiary/aromatic N) is 1. The average Bonchev–Trinajstić information content (AvgIpc) is 3.20. The van der Waals surface area contributed by atoms with Gasteiger partial charge in [0, 0.05) is 19.4 Å². The second-order valence-electron chi connectivity index (χ2n) is 6.02. The highest BCUT2D eigenvalue weighted by molar-refractivity contribution is 5.78. The molecular formula is C19H19N3O2. The van der Waals surface area contributed by atoms with Gasteiger partial charge in [0.2, 0.25) is 5.91 Å². The maximum Gasteiger partial charge on any atom is 0.224 e. The number of aromatic nitrogens is 2. The van der Waals surface area contributed by atoms with Crippen molar-refractivity contribution in [1.29, 1.82) is 0 Å². The molecule has 0 atom stereocenters. The van der Waals surface area contributed by atoms with Crippen molar-refractivity contribution in [2.75, 3.05) is 13.2 Å². The number of fused-ring (bicyclic) bond motifs is 2. The van der Waals surface area contributed by atoms with E-state index in [-0.39, 0.29) is 5.91 Å². The normalized spacial score (nSPS) is 12.8. The molecule has 2 aromatic carbocycles. The maximum atomic E-state index is 12.1. The molecule has 5 heteroatoms. The number of benzene rings is 2. The molecule has 0 unspecified atom stereocenters. The van der Waals surface area contributed by atoms with E-state index in [0.717, 1.165) is 41.2 Å². The second kappa shape index (κ2) is 6.35. The van der Waals surface area contributed by atoms with Gasteiger partial charge in [-0.3, -0.25) is 4.79 Å². The van der Waals surface area contributed by atoms with Crippen LogP contribution in [-0.4, -0.2) is 29.0 Å². The van der Waals surface area contributed by atoms with Crippen LogP contribution in [0.5, 0.6) is 5.75 Å². The quantitative estimate of drug-likeness (QED) is 0.758. The van der Waals surface area contributed by atoms with Crippen LogP contribution in [0.25, 0.3) is 11.0 Å². The van der Waals surface area contributed by atoms with Crippen LogP contribution in [0.15, 0.2) is 42.5 Å². The number of hydrogen-bond donors (Lipinski definition) is 2. The van der Waals surface area contributed by atoms with E-state index in [1.807, 2.05) is 36.4 Å². The third kappa shape index (κ3) is 3.11. The van der Waals surface area contributed by atoms with Crippen LogP contribution in [0.4, 0.5) is 0 Å². The van der Waals surface area contributed by atoms with E-state index in [4.69, 9.17) is 4.74 Å². The number of carbonyl (C=O) groups excluding carboxylic acids is 1. The van der Waals surface area contributed by atoms with Gasteiger partial charge in [-0.2, -0.15) is 0 Å². The molecule has 0 saturated carbocycles. The molecule has 0 saturated heterocycles. The number of carbonyl (C=O) groups is 1. The summed E-state index contributed by atoms with van der Waals surface area (Å²) < 4.78 is 5.49. The zero-order valence-electron chi connectivity index (χ0n) is 13.3. The Balaban J connectivity index is 1.30. The van der Waals surface area contributed by atoms with E-state index in [1.54, 1.807) is 0 Å². The molecule has 0 radical (unpaired) electrons. The minimum absolute atomic E-state index is 0.0324. The lowest BCUT2D eigenvalue weighted by Gasteiger charge is -2.06. The van der Waals surface area contributed by atoms with Crippen LogP contribution < -0.4 is 10.1 Å². The summed E-state index contributed by atoms with van der Waals surface area (Å²) in [6.45, 7) is 1.31. The van der Waals surface area contributed by atoms with Gasteiger partial charge in [0.1, 0.15) is 11.6 Å². The zero-order chi connectivity index (χ0) is 16.4. The Morgan fingerprint density at radius 2 is 2.17 bits per heavy atom. The molecule has 2 heterocycles. The molecule has 0 bridgehead atoms. The van der Waals surface area contributed by atoms with Crippen molar-refractivity contribution in [3.05, 3.63) is 59.4 Å². The molecule has 0 aliphatic carbocycles. The molecule has 0 fully saturated rings. The molecule has 2 N–H and O–H groups in total. The first-order valence-electron chi connectivity index (χ1n) is 8.23. The Hall–Kier alpha value is -2.82. The van der Waals surface area contributed by atoms with Crippen LogP contribution in [0.2, 0.25) is 0 Å². The molecule has 4 rings (SSSR count). The number of imidazole rings is 1. The topological polar surface area (TPSA) is 67.0 Å². The summed E-state index contributed by atoms with van der Waals surface area (Å²) in [6, 6.07) is 13.9. The third-order valence-corrected chi connectivity index (χ3v) is 4.24. The fraction of sp³-hybridized carbons (Fsp3) is 0.263. The number of amides is 1. The van der Waals surface area contributed by atoms with Crippen molar-refractivity contribution >= 4 is 16.9 Å². The largest absolute Gasteiger partial charge is 0.493 e. The highest BCUT2D eigenvalue weighted by atomic mass is 16.5. The zero-order valence-corrected chi connectivity index (χ0v) is 13.3. The van der Waals surface area contributed by atoms with Gasteiger partial charge in [-0.15, -0.1) is 0 Å². The first-order valence-corrected chi connectivity index (χ1v) is 8.23. The Kier molecular flexibility index (Phi) is 3.91. The molecule has 1 aromatic heterocycles. The lowest BCUT2D eigenvalue weighted by molar-refractivity contribution is -0.120. The van der Waals surface area contributed by atoms with Gasteiger partial charge in [0.25, 0.3) is 0 Å². The fourth-order valence-electron chi connectivity index (χ4n) is 3.04. The summed E-state index contributed by atoms with van der Waals surface area (Å²) in [5.74, 6) is 1.88. The summed E-state index contributed by atoms with van der Waals surface area (Å²) >= 11 is 0. The SMILES string of the molecule is O=C(Cc1ccc2c(c1)CCO2)NCCc1nc2ccccc2[nH]1. The van der Waals surface area contributed by atoms with E-state index in [9.17, 15) is 4.79 Å². The Morgan fingerprint density at radius 3 is 3.08 bits per heavy atom. The van der Waals surface area contributed by atoms with Gasteiger partial charge < -0.3 is 15.0 Å². The molecule has 3 aromatic rings. The monoisotopic (exact) mass is 321 g/mol. The minimum Gasteiger partial charge on any atom is -0.493 e. The van der Waals surface area contributed by atoms with Crippen LogP contribution in [0, 0.1) is 0 Å². The van der Waals surface area contributed by atoms with Gasteiger partial charge in [0.05, 0.1) is 24.1 Å². The van der Waals surface area contributed by atoms with E-state index in [2.05, 4.69) is 21.4 Å². The first kappa shape index (κ1) is 14.8. The van der Waals surface area contributed by atoms with Crippen LogP contribution in [0.3, 0.4) is 0 Å². The van der Waals surface area contributed by atoms with E-state index >= 15 is 0 Å². The van der Waals surface area contributed by atoms with E-state index in [1.165, 1.54) is 5.56 Å². The van der Waals surface area contributed by atoms with Gasteiger partial charge in [-0.05, 0) is 29.3 Å². The number of para-hydroxylation sites is 2. The van der Waals surface area contributed by atoms with Crippen molar-refractivity contribution < 1.29 is 9.53 Å². The highest BCUT2D eigenvalue weighted by Gasteiger charge is 2.13. The molecule has 5 nitrogen and oxygen atoms in total. The fourth-order valence-corrected chi connectivity index (χ4v) is 3.04. The van der Waals surface area contributed by atoms with Gasteiger partial charge in [-0.25, -0.2) is 4.98 Å². The Labute approximate surface area is 140 Å². The summed E-state index contributed by atoms with van der Waals surface area (Å²) in [5.41, 5.74) is 4.21. The summed E-state index contributed by atoms with van der Waals surface area (Å²) in [6.07, 6.45) is 2.02. The van der Waals surface area contributed by atoms with Gasteiger partial charge in [0.15, 0.2) is 0 Å². The molecule has 1 aliphatic rings. The van der Waals surface area contributed by atoms with Crippen LogP contribution >= 0.6 is 0 Å². The van der Waals surface area contributed by atoms with Gasteiger partial charge in [-0.1, -0.05) is 24.3 Å². The Bertz CT molecular complexity index is 852. The lowest BCUT2D eigenvalue weighted by atomic mass is 10.1. The van der Waals surface area contributed by atoms with E-state index in [0.29, 0.717) is 19.4 Å². The predicted molar refractivity (Wildman–Crippen MR) is 92.2 cm³/mol. The Morgan fingerprint density at radius 1 is 1.25 bits per heavy atom. The molecule has 1 aliphatic heterocycles. The maximum absolute atomic E-state index is 12.1. The first-order chi connectivity index (χ1) is 11.8. The van der Waals surface area contributed by atoms with Gasteiger partial charge >= 0.3 is 0 Å². The highest BCUT2D eigenvalue weighted by Crippen LogP contribution is 2.25. The number of rotatable bonds is 5. The van der Waals surface area contributed by atoms with Crippen molar-refractivity contribution in [2.45, 2.75) is 19.3 Å². The minimum atomic E-state index is 0.0324.